The van der Waals surface area contributed by atoms with Gasteiger partial charge in [-0.2, -0.15) is 13.5 Å². The number of sulfonamides is 1. The van der Waals surface area contributed by atoms with Crippen molar-refractivity contribution in [3.8, 4) is 16.9 Å². The van der Waals surface area contributed by atoms with E-state index in [2.05, 4.69) is 0 Å². The highest BCUT2D eigenvalue weighted by Crippen LogP contribution is 2.36. The lowest BCUT2D eigenvalue weighted by Crippen LogP contribution is -2.56. The van der Waals surface area contributed by atoms with Crippen molar-refractivity contribution >= 4 is 27.5 Å². The van der Waals surface area contributed by atoms with E-state index in [4.69, 9.17) is 22.1 Å². The van der Waals surface area contributed by atoms with Crippen LogP contribution in [0.1, 0.15) is 44.1 Å². The summed E-state index contributed by atoms with van der Waals surface area (Å²) in [5.41, 5.74) is 6.86. The molecule has 1 aliphatic heterocycles. The Hall–Kier alpha value is -3.05. The molecule has 3 N–H and O–H groups in total. The first-order chi connectivity index (χ1) is 20.5. The third kappa shape index (κ3) is 7.55. The Balaban J connectivity index is 1.37. The summed E-state index contributed by atoms with van der Waals surface area (Å²) in [6, 6.07) is 15.2. The predicted octanol–water partition coefficient (Wildman–Crippen LogP) is 5.96. The highest BCUT2D eigenvalue weighted by Gasteiger charge is 2.50. The minimum Gasteiger partial charge on any atom is -0.493 e. The number of hydrogen-bond acceptors (Lipinski definition) is 5. The minimum atomic E-state index is -4.52. The molecule has 11 heteroatoms. The molecule has 3 aromatic rings. The van der Waals surface area contributed by atoms with E-state index in [1.54, 1.807) is 24.3 Å². The number of alkyl halides is 2. The molecule has 1 saturated heterocycles. The maximum Gasteiger partial charge on any atom is 0.298 e. The normalized spacial score (nSPS) is 18.9. The lowest BCUT2D eigenvalue weighted by atomic mass is 9.90. The molecule has 3 aromatic carbocycles. The quantitative estimate of drug-likeness (QED) is 0.287. The molecule has 2 aliphatic rings. The van der Waals surface area contributed by atoms with Crippen LogP contribution in [0.15, 0.2) is 77.7 Å². The van der Waals surface area contributed by atoms with E-state index in [9.17, 15) is 13.2 Å². The highest BCUT2D eigenvalue weighted by atomic mass is 35.5. The molecule has 5 rings (SSSR count). The molecule has 2 fully saturated rings. The molecule has 1 amide bonds. The first-order valence-electron chi connectivity index (χ1n) is 14.6. The van der Waals surface area contributed by atoms with Gasteiger partial charge in [-0.25, -0.2) is 8.42 Å². The molecule has 0 bridgehead atoms. The summed E-state index contributed by atoms with van der Waals surface area (Å²) in [7, 11) is -4.52. The Bertz CT molecular complexity index is 1500. The first-order valence-corrected chi connectivity index (χ1v) is 16.4. The van der Waals surface area contributed by atoms with Crippen molar-refractivity contribution in [2.24, 2.45) is 11.7 Å². The average Bonchev–Trinajstić information content (AvgIpc) is 3.46. The van der Waals surface area contributed by atoms with E-state index in [0.717, 1.165) is 18.4 Å². The molecule has 7 nitrogen and oxygen atoms in total. The monoisotopic (exact) mass is 631 g/mol. The summed E-state index contributed by atoms with van der Waals surface area (Å²) in [5, 5.41) is 0.545. The maximum absolute atomic E-state index is 16.2. The highest BCUT2D eigenvalue weighted by molar-refractivity contribution is 7.89. The van der Waals surface area contributed by atoms with Gasteiger partial charge in [0.15, 0.2) is 6.04 Å². The van der Waals surface area contributed by atoms with Gasteiger partial charge < -0.3 is 15.4 Å². The van der Waals surface area contributed by atoms with Crippen LogP contribution in [0.5, 0.6) is 5.75 Å². The molecule has 0 aromatic heterocycles. The Morgan fingerprint density at radius 3 is 2.14 bits per heavy atom. The molecular weight excluding hydrogens is 596 g/mol. The molecule has 230 valence electrons. The fraction of sp³-hybridized carbons (Fsp3) is 0.406. The molecule has 0 spiro atoms. The summed E-state index contributed by atoms with van der Waals surface area (Å²) >= 11 is 5.95. The Morgan fingerprint density at radius 1 is 0.953 bits per heavy atom. The number of likely N-dealkylation sites (tertiary alicyclic amines) is 1. The van der Waals surface area contributed by atoms with Crippen molar-refractivity contribution in [2.45, 2.75) is 61.4 Å². The first kappa shape index (κ1) is 31.4. The molecule has 1 aliphatic carbocycles. The van der Waals surface area contributed by atoms with Crippen LogP contribution in [0.3, 0.4) is 0 Å². The topological polar surface area (TPSA) is 102 Å². The summed E-state index contributed by atoms with van der Waals surface area (Å²) in [5.74, 6) is -3.95. The standard InChI is InChI=1S/C32H36ClF2N3O4S/c33-26-12-8-24(9-13-26)23-6-10-25(11-7-23)32(34,35)30(31(39)38-19-18-27(36)20-38)37-43(40,41)29-16-14-28(15-17-29)42-21-22-4-2-1-3-5-22/h6-17,22,27,30,37H,1-5,18-21,36H2/t27-,30?/m1/s1. The van der Waals surface area contributed by atoms with E-state index in [-0.39, 0.29) is 24.0 Å². The second kappa shape index (κ2) is 13.3. The van der Waals surface area contributed by atoms with Crippen LogP contribution in [0.4, 0.5) is 8.78 Å². The number of nitrogens with one attached hydrogen (secondary N) is 1. The van der Waals surface area contributed by atoms with Crippen LogP contribution in [0.2, 0.25) is 5.02 Å². The number of carbonyl (C=O) groups is 1. The van der Waals surface area contributed by atoms with Crippen LogP contribution in [0.25, 0.3) is 11.1 Å². The Kier molecular flexibility index (Phi) is 9.70. The minimum absolute atomic E-state index is 0.0652. The number of rotatable bonds is 10. The summed E-state index contributed by atoms with van der Waals surface area (Å²) in [6.45, 7) is 0.772. The zero-order valence-corrected chi connectivity index (χ0v) is 25.3. The van der Waals surface area contributed by atoms with E-state index in [1.807, 2.05) is 4.72 Å². The lowest BCUT2D eigenvalue weighted by molar-refractivity contribution is -0.143. The van der Waals surface area contributed by atoms with Crippen LogP contribution in [-0.4, -0.2) is 51.0 Å². The van der Waals surface area contributed by atoms with Gasteiger partial charge in [0.1, 0.15) is 5.75 Å². The Labute approximate surface area is 256 Å². The van der Waals surface area contributed by atoms with Crippen LogP contribution < -0.4 is 15.2 Å². The van der Waals surface area contributed by atoms with Gasteiger partial charge in [-0.3, -0.25) is 4.79 Å². The van der Waals surface area contributed by atoms with E-state index >= 15 is 8.78 Å². The van der Waals surface area contributed by atoms with Gasteiger partial charge >= 0.3 is 0 Å². The van der Waals surface area contributed by atoms with Gasteiger partial charge in [0, 0.05) is 29.7 Å². The van der Waals surface area contributed by atoms with Crippen molar-refractivity contribution in [1.82, 2.24) is 9.62 Å². The maximum atomic E-state index is 16.2. The number of ether oxygens (including phenoxy) is 1. The molecule has 1 saturated carbocycles. The molecule has 0 radical (unpaired) electrons. The van der Waals surface area contributed by atoms with E-state index in [0.29, 0.717) is 35.3 Å². The van der Waals surface area contributed by atoms with Gasteiger partial charge in [0.2, 0.25) is 15.9 Å². The van der Waals surface area contributed by atoms with Crippen molar-refractivity contribution in [3.63, 3.8) is 0 Å². The number of carbonyl (C=O) groups excluding carboxylic acids is 1. The summed E-state index contributed by atoms with van der Waals surface area (Å²) in [6.07, 6.45) is 6.23. The molecule has 1 unspecified atom stereocenters. The number of nitrogens with two attached hydrogens (primary N) is 1. The predicted molar refractivity (Wildman–Crippen MR) is 163 cm³/mol. The SMILES string of the molecule is N[C@@H]1CCN(C(=O)C(NS(=O)(=O)c2ccc(OCC3CCCCC3)cc2)C(F)(F)c2ccc(-c3ccc(Cl)cc3)cc2)C1. The van der Waals surface area contributed by atoms with Crippen LogP contribution >= 0.6 is 11.6 Å². The van der Waals surface area contributed by atoms with Crippen molar-refractivity contribution < 1.29 is 26.7 Å². The number of hydrogen-bond donors (Lipinski definition) is 2. The van der Waals surface area contributed by atoms with Crippen LogP contribution in [0, 0.1) is 5.92 Å². The van der Waals surface area contributed by atoms with Crippen LogP contribution in [-0.2, 0) is 20.7 Å². The molecule has 43 heavy (non-hydrogen) atoms. The largest absolute Gasteiger partial charge is 0.493 e. The third-order valence-electron chi connectivity index (χ3n) is 8.21. The van der Waals surface area contributed by atoms with E-state index < -0.39 is 33.5 Å². The number of amides is 1. The second-order valence-corrected chi connectivity index (χ2v) is 13.5. The van der Waals surface area contributed by atoms with Crippen molar-refractivity contribution in [2.75, 3.05) is 19.7 Å². The van der Waals surface area contributed by atoms with Crippen molar-refractivity contribution in [1.29, 1.82) is 0 Å². The van der Waals surface area contributed by atoms with Gasteiger partial charge in [-0.1, -0.05) is 67.3 Å². The summed E-state index contributed by atoms with van der Waals surface area (Å²) in [4.78, 5) is 14.4. The zero-order chi connectivity index (χ0) is 30.6. The van der Waals surface area contributed by atoms with Gasteiger partial charge in [-0.15, -0.1) is 0 Å². The Morgan fingerprint density at radius 2 is 1.56 bits per heavy atom. The smallest absolute Gasteiger partial charge is 0.298 e. The fourth-order valence-corrected chi connectivity index (χ4v) is 6.97. The third-order valence-corrected chi connectivity index (χ3v) is 9.90. The zero-order valence-electron chi connectivity index (χ0n) is 23.7. The molecule has 2 atom stereocenters. The van der Waals surface area contributed by atoms with Gasteiger partial charge in [0.25, 0.3) is 5.92 Å². The summed E-state index contributed by atoms with van der Waals surface area (Å²) < 4.78 is 67.0. The average molecular weight is 632 g/mol. The number of nitrogens with zero attached hydrogens (tertiary/aromatic N) is 1. The second-order valence-electron chi connectivity index (χ2n) is 11.4. The molecular formula is C32H36ClF2N3O4S. The number of halogens is 3. The van der Waals surface area contributed by atoms with Gasteiger partial charge in [-0.05, 0) is 72.7 Å². The lowest BCUT2D eigenvalue weighted by Gasteiger charge is -2.30. The fourth-order valence-electron chi connectivity index (χ4n) is 5.65. The number of benzene rings is 3. The van der Waals surface area contributed by atoms with E-state index in [1.165, 1.54) is 72.7 Å². The van der Waals surface area contributed by atoms with Crippen molar-refractivity contribution in [3.05, 3.63) is 83.4 Å². The van der Waals surface area contributed by atoms with Gasteiger partial charge in [0.05, 0.1) is 11.5 Å². The molecule has 1 heterocycles.